The van der Waals surface area contributed by atoms with E-state index < -0.39 is 6.10 Å². The maximum Gasteiger partial charge on any atom is 0.252 e. The predicted octanol–water partition coefficient (Wildman–Crippen LogP) is 3.59. The Morgan fingerprint density at radius 1 is 1.45 bits per heavy atom. The molecule has 112 valence electrons. The molecule has 1 aromatic carbocycles. The van der Waals surface area contributed by atoms with E-state index in [-0.39, 0.29) is 11.3 Å². The molecule has 1 amide bonds. The van der Waals surface area contributed by atoms with Crippen LogP contribution in [0, 0.1) is 5.41 Å². The lowest BCUT2D eigenvalue weighted by Gasteiger charge is -2.25. The van der Waals surface area contributed by atoms with E-state index in [4.69, 9.17) is 11.6 Å². The molecule has 1 unspecified atom stereocenters. The third kappa shape index (κ3) is 5.00. The SMILES string of the molecule is CSc1ccc(Cl)c(C(=O)NCCC(O)C(C)(C)C)c1. The Morgan fingerprint density at radius 3 is 2.65 bits per heavy atom. The average Bonchev–Trinajstić information content (AvgIpc) is 2.37. The number of benzene rings is 1. The van der Waals surface area contributed by atoms with Gasteiger partial charge in [-0.2, -0.15) is 0 Å². The molecule has 3 nitrogen and oxygen atoms in total. The van der Waals surface area contributed by atoms with E-state index in [1.807, 2.05) is 33.1 Å². The van der Waals surface area contributed by atoms with Crippen LogP contribution >= 0.6 is 23.4 Å². The van der Waals surface area contributed by atoms with Crippen molar-refractivity contribution in [3.63, 3.8) is 0 Å². The van der Waals surface area contributed by atoms with Gasteiger partial charge in [0.1, 0.15) is 0 Å². The van der Waals surface area contributed by atoms with Crippen LogP contribution in [0.4, 0.5) is 0 Å². The maximum absolute atomic E-state index is 12.1. The summed E-state index contributed by atoms with van der Waals surface area (Å²) in [6.07, 6.45) is 2.02. The number of halogens is 1. The zero-order valence-electron chi connectivity index (χ0n) is 12.4. The summed E-state index contributed by atoms with van der Waals surface area (Å²) < 4.78 is 0. The van der Waals surface area contributed by atoms with Crippen LogP contribution in [-0.4, -0.2) is 29.9 Å². The Kier molecular flexibility index (Phi) is 6.37. The van der Waals surface area contributed by atoms with Crippen LogP contribution in [-0.2, 0) is 0 Å². The van der Waals surface area contributed by atoms with Crippen molar-refractivity contribution in [3.8, 4) is 0 Å². The molecule has 1 atom stereocenters. The second kappa shape index (κ2) is 7.34. The highest BCUT2D eigenvalue weighted by Gasteiger charge is 2.21. The Morgan fingerprint density at radius 2 is 2.10 bits per heavy atom. The van der Waals surface area contributed by atoms with Gasteiger partial charge in [-0.05, 0) is 36.3 Å². The van der Waals surface area contributed by atoms with Crippen molar-refractivity contribution in [3.05, 3.63) is 28.8 Å². The molecule has 0 spiro atoms. The van der Waals surface area contributed by atoms with Gasteiger partial charge in [-0.3, -0.25) is 4.79 Å². The fourth-order valence-corrected chi connectivity index (χ4v) is 2.30. The molecular formula is C15H22ClNO2S. The molecule has 0 fully saturated rings. The molecule has 0 bridgehead atoms. The molecular weight excluding hydrogens is 294 g/mol. The van der Waals surface area contributed by atoms with Crippen LogP contribution in [0.5, 0.6) is 0 Å². The van der Waals surface area contributed by atoms with E-state index >= 15 is 0 Å². The fraction of sp³-hybridized carbons (Fsp3) is 0.533. The highest BCUT2D eigenvalue weighted by molar-refractivity contribution is 7.98. The number of rotatable bonds is 5. The van der Waals surface area contributed by atoms with Crippen LogP contribution in [0.2, 0.25) is 5.02 Å². The van der Waals surface area contributed by atoms with E-state index in [1.165, 1.54) is 0 Å². The van der Waals surface area contributed by atoms with Crippen LogP contribution < -0.4 is 5.32 Å². The second-order valence-corrected chi connectivity index (χ2v) is 7.06. The molecule has 5 heteroatoms. The van der Waals surface area contributed by atoms with E-state index in [0.717, 1.165) is 4.90 Å². The minimum Gasteiger partial charge on any atom is -0.393 e. The average molecular weight is 316 g/mol. The zero-order valence-corrected chi connectivity index (χ0v) is 13.9. The van der Waals surface area contributed by atoms with Crippen LogP contribution in [0.3, 0.4) is 0 Å². The number of aliphatic hydroxyl groups is 1. The Labute approximate surface area is 130 Å². The van der Waals surface area contributed by atoms with Gasteiger partial charge < -0.3 is 10.4 Å². The van der Waals surface area contributed by atoms with E-state index in [0.29, 0.717) is 23.6 Å². The molecule has 0 heterocycles. The number of nitrogens with one attached hydrogen (secondary N) is 1. The van der Waals surface area contributed by atoms with Crippen molar-refractivity contribution >= 4 is 29.3 Å². The summed E-state index contributed by atoms with van der Waals surface area (Å²) in [6, 6.07) is 5.39. The van der Waals surface area contributed by atoms with Crippen LogP contribution in [0.1, 0.15) is 37.6 Å². The number of amides is 1. The first kappa shape index (κ1) is 17.3. The van der Waals surface area contributed by atoms with Crippen molar-refractivity contribution in [2.75, 3.05) is 12.8 Å². The predicted molar refractivity (Wildman–Crippen MR) is 85.6 cm³/mol. The van der Waals surface area contributed by atoms with Gasteiger partial charge in [-0.25, -0.2) is 0 Å². The highest BCUT2D eigenvalue weighted by Crippen LogP contribution is 2.23. The first-order valence-corrected chi connectivity index (χ1v) is 8.15. The van der Waals surface area contributed by atoms with Crippen molar-refractivity contribution in [2.45, 2.75) is 38.2 Å². The lowest BCUT2D eigenvalue weighted by Crippen LogP contribution is -2.32. The van der Waals surface area contributed by atoms with Gasteiger partial charge in [0.15, 0.2) is 0 Å². The number of aliphatic hydroxyl groups excluding tert-OH is 1. The van der Waals surface area contributed by atoms with Gasteiger partial charge in [0.2, 0.25) is 0 Å². The summed E-state index contributed by atoms with van der Waals surface area (Å²) in [5.74, 6) is -0.202. The highest BCUT2D eigenvalue weighted by atomic mass is 35.5. The van der Waals surface area contributed by atoms with Crippen LogP contribution in [0.25, 0.3) is 0 Å². The zero-order chi connectivity index (χ0) is 15.3. The Hall–Kier alpha value is -0.710. The minimum absolute atomic E-state index is 0.179. The summed E-state index contributed by atoms with van der Waals surface area (Å²) in [5, 5.41) is 13.2. The van der Waals surface area contributed by atoms with E-state index in [1.54, 1.807) is 23.9 Å². The molecule has 0 aliphatic rings. The van der Waals surface area contributed by atoms with Crippen LogP contribution in [0.15, 0.2) is 23.1 Å². The second-order valence-electron chi connectivity index (χ2n) is 5.77. The van der Waals surface area contributed by atoms with Gasteiger partial charge in [0, 0.05) is 11.4 Å². The molecule has 0 saturated carbocycles. The summed E-state index contributed by atoms with van der Waals surface area (Å²) in [6.45, 7) is 6.34. The summed E-state index contributed by atoms with van der Waals surface area (Å²) in [7, 11) is 0. The molecule has 1 aromatic rings. The Balaban J connectivity index is 2.59. The lowest BCUT2D eigenvalue weighted by atomic mass is 9.87. The van der Waals surface area contributed by atoms with Crippen molar-refractivity contribution in [2.24, 2.45) is 5.41 Å². The number of carbonyl (C=O) groups excluding carboxylic acids is 1. The largest absolute Gasteiger partial charge is 0.393 e. The lowest BCUT2D eigenvalue weighted by molar-refractivity contribution is 0.0551. The minimum atomic E-state index is -0.448. The smallest absolute Gasteiger partial charge is 0.252 e. The molecule has 2 N–H and O–H groups in total. The van der Waals surface area contributed by atoms with Gasteiger partial charge in [-0.15, -0.1) is 11.8 Å². The maximum atomic E-state index is 12.1. The molecule has 0 aromatic heterocycles. The van der Waals surface area contributed by atoms with Crippen molar-refractivity contribution < 1.29 is 9.90 Å². The Bertz CT molecular complexity index is 471. The number of carbonyl (C=O) groups is 1. The monoisotopic (exact) mass is 315 g/mol. The van der Waals surface area contributed by atoms with Gasteiger partial charge >= 0.3 is 0 Å². The quantitative estimate of drug-likeness (QED) is 0.816. The van der Waals surface area contributed by atoms with E-state index in [9.17, 15) is 9.90 Å². The summed E-state index contributed by atoms with van der Waals surface area (Å²) >= 11 is 7.61. The first-order valence-electron chi connectivity index (χ1n) is 6.55. The molecule has 0 saturated heterocycles. The number of hydrogen-bond donors (Lipinski definition) is 2. The van der Waals surface area contributed by atoms with Gasteiger partial charge in [0.05, 0.1) is 16.7 Å². The summed E-state index contributed by atoms with van der Waals surface area (Å²) in [5.41, 5.74) is 0.296. The fourth-order valence-electron chi connectivity index (χ4n) is 1.66. The summed E-state index contributed by atoms with van der Waals surface area (Å²) in [4.78, 5) is 13.1. The van der Waals surface area contributed by atoms with Gasteiger partial charge in [-0.1, -0.05) is 32.4 Å². The molecule has 0 aliphatic heterocycles. The molecule has 1 rings (SSSR count). The third-order valence-electron chi connectivity index (χ3n) is 3.12. The topological polar surface area (TPSA) is 49.3 Å². The normalized spacial score (nSPS) is 13.1. The first-order chi connectivity index (χ1) is 9.25. The molecule has 0 radical (unpaired) electrons. The van der Waals surface area contributed by atoms with E-state index in [2.05, 4.69) is 5.32 Å². The number of thioether (sulfide) groups is 1. The number of hydrogen-bond acceptors (Lipinski definition) is 3. The molecule has 0 aliphatic carbocycles. The van der Waals surface area contributed by atoms with Crippen molar-refractivity contribution in [1.29, 1.82) is 0 Å². The third-order valence-corrected chi connectivity index (χ3v) is 4.18. The van der Waals surface area contributed by atoms with Gasteiger partial charge in [0.25, 0.3) is 5.91 Å². The standard InChI is InChI=1S/C15H22ClNO2S/c1-15(2,3)13(18)7-8-17-14(19)11-9-10(20-4)5-6-12(11)16/h5-6,9,13,18H,7-8H2,1-4H3,(H,17,19). The molecule has 20 heavy (non-hydrogen) atoms. The van der Waals surface area contributed by atoms with Crippen molar-refractivity contribution in [1.82, 2.24) is 5.32 Å².